The maximum absolute atomic E-state index is 13.6. The van der Waals surface area contributed by atoms with Crippen molar-refractivity contribution in [3.8, 4) is 22.4 Å². The normalized spacial score (nSPS) is 13.7. The fourth-order valence-electron chi connectivity index (χ4n) is 5.11. The molecule has 4 aromatic rings. The number of sulfonamides is 1. The smallest absolute Gasteiger partial charge is 0.240 e. The first-order chi connectivity index (χ1) is 19.8. The molecule has 0 saturated carbocycles. The summed E-state index contributed by atoms with van der Waals surface area (Å²) in [6, 6.07) is 17.8. The van der Waals surface area contributed by atoms with Crippen molar-refractivity contribution in [3.05, 3.63) is 102 Å². The lowest BCUT2D eigenvalue weighted by Gasteiger charge is -2.26. The standard InChI is InChI=1S/C32H36FN5O2S.2ClH/c1-37(2)22-18-36-41(39,40)29-9-3-24(4-10-29)13-19-38-20-14-25(15-21-38)30-23-35-32(27-5-7-28(33)8-6-27)31(30)26-11-16-34-17-12-26;;/h3-12,14,16-17,23,35-36H,13,15,18-22H2,1-2H3;2*1H. The number of benzene rings is 2. The molecule has 0 amide bonds. The Hall–Kier alpha value is -3.05. The van der Waals surface area contributed by atoms with Gasteiger partial charge in [0.05, 0.1) is 10.6 Å². The van der Waals surface area contributed by atoms with Crippen LogP contribution < -0.4 is 4.72 Å². The van der Waals surface area contributed by atoms with E-state index in [9.17, 15) is 12.8 Å². The Labute approximate surface area is 266 Å². The van der Waals surface area contributed by atoms with Gasteiger partial charge in [-0.3, -0.25) is 9.88 Å². The Bertz CT molecular complexity index is 1590. The zero-order chi connectivity index (χ0) is 28.8. The summed E-state index contributed by atoms with van der Waals surface area (Å²) in [5.41, 5.74) is 7.63. The Balaban J connectivity index is 0.00000253. The van der Waals surface area contributed by atoms with Crippen LogP contribution in [0.1, 0.15) is 17.5 Å². The number of H-pyrrole nitrogens is 1. The van der Waals surface area contributed by atoms with Gasteiger partial charge in [0.2, 0.25) is 10.0 Å². The maximum atomic E-state index is 13.6. The van der Waals surface area contributed by atoms with Gasteiger partial charge in [-0.2, -0.15) is 0 Å². The van der Waals surface area contributed by atoms with Crippen molar-refractivity contribution >= 4 is 40.4 Å². The predicted octanol–water partition coefficient (Wildman–Crippen LogP) is 5.90. The van der Waals surface area contributed by atoms with Crippen molar-refractivity contribution in [1.29, 1.82) is 0 Å². The van der Waals surface area contributed by atoms with E-state index in [4.69, 9.17) is 0 Å². The van der Waals surface area contributed by atoms with Crippen LogP contribution in [0.4, 0.5) is 4.39 Å². The highest BCUT2D eigenvalue weighted by Gasteiger charge is 2.21. The highest BCUT2D eigenvalue weighted by Crippen LogP contribution is 2.39. The third-order valence-electron chi connectivity index (χ3n) is 7.42. The fraction of sp³-hybridized carbons (Fsp3) is 0.281. The largest absolute Gasteiger partial charge is 0.360 e. The monoisotopic (exact) mass is 645 g/mol. The average Bonchev–Trinajstić information content (AvgIpc) is 3.42. The number of likely N-dealkylation sites (N-methyl/N-ethyl adjacent to an activating group) is 1. The van der Waals surface area contributed by atoms with Crippen LogP contribution in [0.15, 0.2) is 90.2 Å². The number of halogens is 3. The van der Waals surface area contributed by atoms with Gasteiger partial charge in [-0.1, -0.05) is 18.2 Å². The van der Waals surface area contributed by atoms with Crippen LogP contribution in [-0.4, -0.2) is 75.0 Å². The molecular formula is C32H38Cl2FN5O2S. The average molecular weight is 647 g/mol. The summed E-state index contributed by atoms with van der Waals surface area (Å²) in [6.45, 7) is 3.68. The van der Waals surface area contributed by atoms with Gasteiger partial charge in [0.1, 0.15) is 5.82 Å². The van der Waals surface area contributed by atoms with Crippen molar-refractivity contribution in [1.82, 2.24) is 24.5 Å². The van der Waals surface area contributed by atoms with Gasteiger partial charge in [-0.05, 0) is 97.7 Å². The van der Waals surface area contributed by atoms with Crippen molar-refractivity contribution in [2.75, 3.05) is 46.8 Å². The van der Waals surface area contributed by atoms with Gasteiger partial charge < -0.3 is 9.88 Å². The van der Waals surface area contributed by atoms with Crippen molar-refractivity contribution in [2.45, 2.75) is 17.7 Å². The predicted molar refractivity (Wildman–Crippen MR) is 177 cm³/mol. The second-order valence-electron chi connectivity index (χ2n) is 10.6. The minimum atomic E-state index is -3.50. The lowest BCUT2D eigenvalue weighted by Crippen LogP contribution is -2.31. The summed E-state index contributed by atoms with van der Waals surface area (Å²) in [4.78, 5) is 12.3. The first kappa shape index (κ1) is 34.4. The summed E-state index contributed by atoms with van der Waals surface area (Å²) >= 11 is 0. The van der Waals surface area contributed by atoms with Crippen molar-refractivity contribution < 1.29 is 12.8 Å². The first-order valence-electron chi connectivity index (χ1n) is 13.8. The Morgan fingerprint density at radius 2 is 1.67 bits per heavy atom. The van der Waals surface area contributed by atoms with E-state index in [1.165, 1.54) is 17.7 Å². The molecule has 43 heavy (non-hydrogen) atoms. The van der Waals surface area contributed by atoms with E-state index in [2.05, 4.69) is 31.9 Å². The topological polar surface area (TPSA) is 81.3 Å². The molecule has 0 unspecified atom stereocenters. The highest BCUT2D eigenvalue weighted by molar-refractivity contribution is 7.89. The number of hydrogen-bond acceptors (Lipinski definition) is 5. The van der Waals surface area contributed by atoms with Crippen LogP contribution in [-0.2, 0) is 16.4 Å². The Morgan fingerprint density at radius 3 is 2.30 bits per heavy atom. The van der Waals surface area contributed by atoms with Crippen molar-refractivity contribution in [3.63, 3.8) is 0 Å². The molecule has 0 spiro atoms. The van der Waals surface area contributed by atoms with Gasteiger partial charge >= 0.3 is 0 Å². The van der Waals surface area contributed by atoms with Gasteiger partial charge in [0.25, 0.3) is 0 Å². The van der Waals surface area contributed by atoms with E-state index in [1.807, 2.05) is 43.3 Å². The van der Waals surface area contributed by atoms with Crippen LogP contribution >= 0.6 is 24.8 Å². The van der Waals surface area contributed by atoms with Crippen LogP contribution in [0.3, 0.4) is 0 Å². The van der Waals surface area contributed by atoms with Crippen LogP contribution in [0.5, 0.6) is 0 Å². The molecule has 0 saturated heterocycles. The minimum Gasteiger partial charge on any atom is -0.360 e. The van der Waals surface area contributed by atoms with E-state index >= 15 is 0 Å². The molecule has 0 radical (unpaired) electrons. The second kappa shape index (κ2) is 15.6. The molecule has 2 N–H and O–H groups in total. The summed E-state index contributed by atoms with van der Waals surface area (Å²) in [5, 5.41) is 0. The maximum Gasteiger partial charge on any atom is 0.240 e. The Morgan fingerprint density at radius 1 is 0.977 bits per heavy atom. The van der Waals surface area contributed by atoms with E-state index in [0.717, 1.165) is 66.0 Å². The molecule has 3 heterocycles. The molecule has 11 heteroatoms. The molecule has 0 aliphatic carbocycles. The number of nitrogens with zero attached hydrogens (tertiary/aromatic N) is 3. The van der Waals surface area contributed by atoms with Gasteiger partial charge in [0, 0.05) is 62.4 Å². The van der Waals surface area contributed by atoms with E-state index in [0.29, 0.717) is 18.0 Å². The Kier molecular flexibility index (Phi) is 12.5. The van der Waals surface area contributed by atoms with Gasteiger partial charge in [0.15, 0.2) is 0 Å². The van der Waals surface area contributed by atoms with E-state index in [1.54, 1.807) is 36.7 Å². The number of rotatable bonds is 11. The third-order valence-corrected chi connectivity index (χ3v) is 8.90. The molecule has 0 atom stereocenters. The van der Waals surface area contributed by atoms with E-state index in [-0.39, 0.29) is 30.6 Å². The lowest BCUT2D eigenvalue weighted by molar-refractivity contribution is 0.306. The van der Waals surface area contributed by atoms with Gasteiger partial charge in [-0.25, -0.2) is 17.5 Å². The highest BCUT2D eigenvalue weighted by atomic mass is 35.5. The van der Waals surface area contributed by atoms with Gasteiger partial charge in [-0.15, -0.1) is 24.8 Å². The lowest BCUT2D eigenvalue weighted by atomic mass is 9.92. The summed E-state index contributed by atoms with van der Waals surface area (Å²) in [5.74, 6) is -0.255. The summed E-state index contributed by atoms with van der Waals surface area (Å²) in [7, 11) is 0.322. The molecule has 0 fully saturated rings. The molecule has 230 valence electrons. The minimum absolute atomic E-state index is 0. The summed E-state index contributed by atoms with van der Waals surface area (Å²) in [6.07, 6.45) is 9.69. The molecule has 7 nitrogen and oxygen atoms in total. The van der Waals surface area contributed by atoms with Crippen molar-refractivity contribution in [2.24, 2.45) is 0 Å². The number of pyridine rings is 1. The summed E-state index contributed by atoms with van der Waals surface area (Å²) < 4.78 is 41.3. The molecule has 2 aromatic carbocycles. The number of nitrogens with one attached hydrogen (secondary N) is 2. The molecule has 2 aromatic heterocycles. The molecule has 5 rings (SSSR count). The SMILES string of the molecule is CN(C)CCNS(=O)(=O)c1ccc(CCN2CC=C(c3c[nH]c(-c4ccc(F)cc4)c3-c3ccncc3)CC2)cc1.Cl.Cl. The second-order valence-corrected chi connectivity index (χ2v) is 12.3. The molecule has 0 bridgehead atoms. The number of aromatic amines is 1. The van der Waals surface area contributed by atoms with Crippen LogP contribution in [0.25, 0.3) is 28.0 Å². The fourth-order valence-corrected chi connectivity index (χ4v) is 6.13. The third kappa shape index (κ3) is 8.75. The first-order valence-corrected chi connectivity index (χ1v) is 15.3. The number of aromatic nitrogens is 2. The van der Waals surface area contributed by atoms with Crippen LogP contribution in [0.2, 0.25) is 0 Å². The zero-order valence-corrected chi connectivity index (χ0v) is 26.7. The molecule has 1 aliphatic rings. The molecular weight excluding hydrogens is 608 g/mol. The van der Waals surface area contributed by atoms with Crippen LogP contribution in [0, 0.1) is 5.82 Å². The van der Waals surface area contributed by atoms with E-state index < -0.39 is 10.0 Å². The quantitative estimate of drug-likeness (QED) is 0.212. The zero-order valence-electron chi connectivity index (χ0n) is 24.3. The molecule has 1 aliphatic heterocycles. The number of hydrogen-bond donors (Lipinski definition) is 2.